The van der Waals surface area contributed by atoms with E-state index in [-0.39, 0.29) is 10.1 Å². The van der Waals surface area contributed by atoms with Crippen LogP contribution >= 0.6 is 11.3 Å². The van der Waals surface area contributed by atoms with E-state index in [2.05, 4.69) is 14.9 Å². The molecule has 6 nitrogen and oxygen atoms in total. The lowest BCUT2D eigenvalue weighted by atomic mass is 10.1. The Balaban J connectivity index is 1.53. The van der Waals surface area contributed by atoms with Crippen LogP contribution in [0.3, 0.4) is 0 Å². The first-order valence-corrected chi connectivity index (χ1v) is 11.7. The minimum absolute atomic E-state index is 0.229. The van der Waals surface area contributed by atoms with Crippen molar-refractivity contribution in [1.29, 1.82) is 0 Å². The quantitative estimate of drug-likeness (QED) is 0.611. The number of benzene rings is 2. The van der Waals surface area contributed by atoms with Gasteiger partial charge in [-0.25, -0.2) is 8.42 Å². The van der Waals surface area contributed by atoms with Crippen molar-refractivity contribution < 1.29 is 13.2 Å². The van der Waals surface area contributed by atoms with Gasteiger partial charge in [0.05, 0.1) is 11.4 Å². The smallest absolute Gasteiger partial charge is 0.271 e. The summed E-state index contributed by atoms with van der Waals surface area (Å²) in [5.41, 5.74) is 2.49. The number of hydrogen-bond donors (Lipinski definition) is 2. The molecule has 0 atom stereocenters. The second-order valence-corrected chi connectivity index (χ2v) is 9.64. The zero-order valence-corrected chi connectivity index (χ0v) is 17.3. The molecule has 1 aliphatic rings. The Labute approximate surface area is 174 Å². The molecular formula is C21H21N3O3S2. The normalized spacial score (nSPS) is 14.0. The summed E-state index contributed by atoms with van der Waals surface area (Å²) in [5, 5.41) is 4.67. The molecular weight excluding hydrogens is 406 g/mol. The van der Waals surface area contributed by atoms with Gasteiger partial charge < -0.3 is 10.2 Å². The van der Waals surface area contributed by atoms with Gasteiger partial charge in [0, 0.05) is 24.3 Å². The second-order valence-electron chi connectivity index (χ2n) is 6.78. The third-order valence-electron chi connectivity index (χ3n) is 4.74. The lowest BCUT2D eigenvalue weighted by Crippen LogP contribution is -2.21. The minimum atomic E-state index is -3.66. The molecule has 4 rings (SSSR count). The van der Waals surface area contributed by atoms with Crippen molar-refractivity contribution in [3.05, 3.63) is 71.6 Å². The van der Waals surface area contributed by atoms with Crippen molar-refractivity contribution in [3.8, 4) is 0 Å². The average Bonchev–Trinajstić information content (AvgIpc) is 3.43. The van der Waals surface area contributed by atoms with Gasteiger partial charge in [-0.3, -0.25) is 9.52 Å². The van der Waals surface area contributed by atoms with Gasteiger partial charge in [-0.05, 0) is 54.6 Å². The van der Waals surface area contributed by atoms with Gasteiger partial charge in [-0.1, -0.05) is 24.3 Å². The lowest BCUT2D eigenvalue weighted by molar-refractivity contribution is 0.102. The number of carbonyl (C=O) groups is 1. The number of anilines is 3. The maximum atomic E-state index is 12.8. The zero-order chi connectivity index (χ0) is 20.3. The summed E-state index contributed by atoms with van der Waals surface area (Å²) in [6.07, 6.45) is 2.30. The number of rotatable bonds is 6. The molecule has 0 aliphatic carbocycles. The predicted octanol–water partition coefficient (Wildman–Crippen LogP) is 4.40. The molecule has 1 amide bonds. The molecule has 1 saturated heterocycles. The van der Waals surface area contributed by atoms with E-state index in [0.717, 1.165) is 48.6 Å². The molecule has 1 fully saturated rings. The standard InChI is InChI=1S/C21H21N3O3S2/c25-21(22-18-9-1-2-10-19(18)24-12-3-4-13-24)16-7-5-8-17(15-16)23-29(26,27)20-11-6-14-28-20/h1-2,5-11,14-15,23H,3-4,12-13H2,(H,22,25). The lowest BCUT2D eigenvalue weighted by Gasteiger charge is -2.21. The van der Waals surface area contributed by atoms with Crippen molar-refractivity contribution in [2.24, 2.45) is 0 Å². The Morgan fingerprint density at radius 3 is 2.52 bits per heavy atom. The first kappa shape index (κ1) is 19.5. The number of hydrogen-bond acceptors (Lipinski definition) is 5. The Morgan fingerprint density at radius 2 is 1.76 bits per heavy atom. The minimum Gasteiger partial charge on any atom is -0.370 e. The monoisotopic (exact) mass is 427 g/mol. The number of carbonyl (C=O) groups excluding carboxylic acids is 1. The zero-order valence-electron chi connectivity index (χ0n) is 15.7. The van der Waals surface area contributed by atoms with Crippen LogP contribution in [0.5, 0.6) is 0 Å². The number of amides is 1. The SMILES string of the molecule is O=C(Nc1ccccc1N1CCCC1)c1cccc(NS(=O)(=O)c2cccs2)c1. The van der Waals surface area contributed by atoms with Crippen molar-refractivity contribution in [3.63, 3.8) is 0 Å². The number of nitrogens with one attached hydrogen (secondary N) is 2. The van der Waals surface area contributed by atoms with E-state index in [0.29, 0.717) is 11.3 Å². The Hall–Kier alpha value is -2.84. The van der Waals surface area contributed by atoms with E-state index in [9.17, 15) is 13.2 Å². The number of sulfonamides is 1. The predicted molar refractivity (Wildman–Crippen MR) is 117 cm³/mol. The van der Waals surface area contributed by atoms with Crippen LogP contribution in [0.25, 0.3) is 0 Å². The Bertz CT molecular complexity index is 1110. The van der Waals surface area contributed by atoms with Crippen LogP contribution in [0, 0.1) is 0 Å². The van der Waals surface area contributed by atoms with Crippen molar-refractivity contribution in [1.82, 2.24) is 0 Å². The number of nitrogens with zero attached hydrogens (tertiary/aromatic N) is 1. The van der Waals surface area contributed by atoms with Gasteiger partial charge in [-0.15, -0.1) is 11.3 Å². The van der Waals surface area contributed by atoms with Crippen LogP contribution in [0.4, 0.5) is 17.1 Å². The fraction of sp³-hybridized carbons (Fsp3) is 0.190. The van der Waals surface area contributed by atoms with Crippen LogP contribution in [0.1, 0.15) is 23.2 Å². The molecule has 0 bridgehead atoms. The number of thiophene rings is 1. The van der Waals surface area contributed by atoms with Crippen LogP contribution in [0.15, 0.2) is 70.3 Å². The third kappa shape index (κ3) is 4.44. The molecule has 8 heteroatoms. The van der Waals surface area contributed by atoms with Gasteiger partial charge in [-0.2, -0.15) is 0 Å². The highest BCUT2D eigenvalue weighted by atomic mass is 32.2. The Kier molecular flexibility index (Phi) is 5.55. The third-order valence-corrected chi connectivity index (χ3v) is 7.51. The van der Waals surface area contributed by atoms with E-state index in [4.69, 9.17) is 0 Å². The molecule has 29 heavy (non-hydrogen) atoms. The molecule has 3 aromatic rings. The van der Waals surface area contributed by atoms with Crippen LogP contribution in [-0.4, -0.2) is 27.4 Å². The molecule has 0 unspecified atom stereocenters. The fourth-order valence-electron chi connectivity index (χ4n) is 3.35. The summed E-state index contributed by atoms with van der Waals surface area (Å²) in [5.74, 6) is -0.284. The van der Waals surface area contributed by atoms with Crippen LogP contribution in [-0.2, 0) is 10.0 Å². The van der Waals surface area contributed by atoms with Crippen LogP contribution in [0.2, 0.25) is 0 Å². The van der Waals surface area contributed by atoms with E-state index >= 15 is 0 Å². The first-order valence-electron chi connectivity index (χ1n) is 9.35. The average molecular weight is 428 g/mol. The summed E-state index contributed by atoms with van der Waals surface area (Å²) < 4.78 is 27.6. The highest BCUT2D eigenvalue weighted by Gasteiger charge is 2.18. The maximum absolute atomic E-state index is 12.8. The van der Waals surface area contributed by atoms with Crippen LogP contribution < -0.4 is 14.9 Å². The van der Waals surface area contributed by atoms with Gasteiger partial charge in [0.1, 0.15) is 4.21 Å². The fourth-order valence-corrected chi connectivity index (χ4v) is 5.40. The number of para-hydroxylation sites is 2. The molecule has 0 radical (unpaired) electrons. The molecule has 2 N–H and O–H groups in total. The van der Waals surface area contributed by atoms with Crippen molar-refractivity contribution in [2.45, 2.75) is 17.1 Å². The van der Waals surface area contributed by atoms with Crippen molar-refractivity contribution in [2.75, 3.05) is 28.0 Å². The van der Waals surface area contributed by atoms with Crippen molar-refractivity contribution >= 4 is 44.3 Å². The molecule has 0 saturated carbocycles. The highest BCUT2D eigenvalue weighted by Crippen LogP contribution is 2.29. The summed E-state index contributed by atoms with van der Waals surface area (Å²) in [7, 11) is -3.66. The van der Waals surface area contributed by atoms with E-state index in [1.165, 1.54) is 0 Å². The van der Waals surface area contributed by atoms with E-state index < -0.39 is 10.0 Å². The van der Waals surface area contributed by atoms with E-state index in [1.54, 1.807) is 41.8 Å². The summed E-state index contributed by atoms with van der Waals surface area (Å²) in [6, 6.07) is 17.5. The van der Waals surface area contributed by atoms with Gasteiger partial charge in [0.15, 0.2) is 0 Å². The van der Waals surface area contributed by atoms with Gasteiger partial charge >= 0.3 is 0 Å². The molecule has 2 heterocycles. The first-order chi connectivity index (χ1) is 14.0. The Morgan fingerprint density at radius 1 is 0.966 bits per heavy atom. The van der Waals surface area contributed by atoms with Gasteiger partial charge in [0.2, 0.25) is 0 Å². The second kappa shape index (κ2) is 8.26. The topological polar surface area (TPSA) is 78.5 Å². The maximum Gasteiger partial charge on any atom is 0.271 e. The molecule has 1 aliphatic heterocycles. The summed E-state index contributed by atoms with van der Waals surface area (Å²) in [6.45, 7) is 1.96. The molecule has 0 spiro atoms. The van der Waals surface area contributed by atoms with E-state index in [1.807, 2.05) is 24.3 Å². The summed E-state index contributed by atoms with van der Waals surface area (Å²) >= 11 is 1.14. The molecule has 150 valence electrons. The summed E-state index contributed by atoms with van der Waals surface area (Å²) in [4.78, 5) is 15.1. The molecule has 1 aromatic heterocycles. The van der Waals surface area contributed by atoms with Gasteiger partial charge in [0.25, 0.3) is 15.9 Å². The molecule has 2 aromatic carbocycles. The highest BCUT2D eigenvalue weighted by molar-refractivity contribution is 7.94. The largest absolute Gasteiger partial charge is 0.370 e.